The van der Waals surface area contributed by atoms with Crippen LogP contribution >= 0.6 is 0 Å². The molecule has 0 rings (SSSR count). The highest BCUT2D eigenvalue weighted by atomic mass is 16.4. The first kappa shape index (κ1) is 9.35. The Bertz CT molecular complexity index is 113. The molecule has 0 amide bonds. The second-order valence-corrected chi connectivity index (χ2v) is 1.92. The number of hydrogen-bond donors (Lipinski definition) is 4. The average molecular weight is 150 g/mol. The summed E-state index contributed by atoms with van der Waals surface area (Å²) in [6, 6.07) is 0. The van der Waals surface area contributed by atoms with Crippen LogP contribution in [0.2, 0.25) is 0 Å². The topological polar surface area (TPSA) is 98.0 Å². The molecule has 4 N–H and O–H groups in total. The summed E-state index contributed by atoms with van der Waals surface area (Å²) in [4.78, 5) is 9.88. The molecule has 0 heterocycles. The van der Waals surface area contributed by atoms with E-state index in [1.165, 1.54) is 0 Å². The summed E-state index contributed by atoms with van der Waals surface area (Å²) in [7, 11) is 0. The fourth-order valence-corrected chi connectivity index (χ4v) is 0.437. The third kappa shape index (κ3) is 3.39. The second kappa shape index (κ2) is 4.21. The lowest BCUT2D eigenvalue weighted by Crippen LogP contribution is -2.31. The molecule has 0 aliphatic heterocycles. The summed E-state index contributed by atoms with van der Waals surface area (Å²) in [6.07, 6.45) is -3.31. The Hall–Kier alpha value is -0.650. The zero-order valence-corrected chi connectivity index (χ0v) is 5.27. The number of aliphatic carboxylic acids is 1. The number of carboxylic acid groups (broad SMARTS) is 1. The van der Waals surface area contributed by atoms with Crippen molar-refractivity contribution in [2.45, 2.75) is 18.6 Å². The van der Waals surface area contributed by atoms with Crippen molar-refractivity contribution in [1.29, 1.82) is 0 Å². The van der Waals surface area contributed by atoms with Gasteiger partial charge in [0.1, 0.15) is 6.10 Å². The van der Waals surface area contributed by atoms with Crippen LogP contribution in [0.3, 0.4) is 0 Å². The van der Waals surface area contributed by atoms with E-state index in [1.807, 2.05) is 0 Å². The summed E-state index contributed by atoms with van der Waals surface area (Å²) in [6.45, 7) is -0.631. The zero-order valence-electron chi connectivity index (χ0n) is 5.27. The molecule has 5 heteroatoms. The van der Waals surface area contributed by atoms with Gasteiger partial charge in [-0.1, -0.05) is 0 Å². The molecule has 0 aromatic heterocycles. The minimum Gasteiger partial charge on any atom is -0.481 e. The highest BCUT2D eigenvalue weighted by Gasteiger charge is 2.17. The molecule has 60 valence electrons. The zero-order chi connectivity index (χ0) is 8.15. The van der Waals surface area contributed by atoms with Gasteiger partial charge < -0.3 is 20.4 Å². The molecule has 10 heavy (non-hydrogen) atoms. The van der Waals surface area contributed by atoms with Gasteiger partial charge in [-0.15, -0.1) is 0 Å². The van der Waals surface area contributed by atoms with Crippen molar-refractivity contribution in [2.24, 2.45) is 0 Å². The number of carboxylic acids is 1. The third-order valence-electron chi connectivity index (χ3n) is 1.01. The Kier molecular flexibility index (Phi) is 3.94. The Morgan fingerprint density at radius 2 is 1.80 bits per heavy atom. The highest BCUT2D eigenvalue weighted by molar-refractivity contribution is 5.67. The van der Waals surface area contributed by atoms with E-state index >= 15 is 0 Å². The number of hydrogen-bond acceptors (Lipinski definition) is 4. The Morgan fingerprint density at radius 3 is 2.10 bits per heavy atom. The first-order chi connectivity index (χ1) is 4.57. The molecule has 0 spiro atoms. The van der Waals surface area contributed by atoms with Crippen molar-refractivity contribution in [3.63, 3.8) is 0 Å². The molecule has 0 aliphatic rings. The average Bonchev–Trinajstić information content (AvgIpc) is 1.85. The van der Waals surface area contributed by atoms with E-state index in [4.69, 9.17) is 20.4 Å². The summed E-state index contributed by atoms with van der Waals surface area (Å²) in [5, 5.41) is 33.6. The van der Waals surface area contributed by atoms with Crippen molar-refractivity contribution in [3.05, 3.63) is 0 Å². The van der Waals surface area contributed by atoms with Gasteiger partial charge in [-0.2, -0.15) is 0 Å². The molecule has 0 saturated heterocycles. The van der Waals surface area contributed by atoms with Crippen molar-refractivity contribution >= 4 is 5.97 Å². The normalized spacial score (nSPS) is 16.3. The first-order valence-electron chi connectivity index (χ1n) is 2.76. The minimum atomic E-state index is -1.39. The van der Waals surface area contributed by atoms with E-state index in [1.54, 1.807) is 0 Å². The Morgan fingerprint density at radius 1 is 1.30 bits per heavy atom. The van der Waals surface area contributed by atoms with E-state index < -0.39 is 31.2 Å². The molecule has 0 bridgehead atoms. The maximum Gasteiger partial charge on any atom is 0.306 e. The van der Waals surface area contributed by atoms with Crippen LogP contribution < -0.4 is 0 Å². The lowest BCUT2D eigenvalue weighted by molar-refractivity contribution is -0.141. The fraction of sp³-hybridized carbons (Fsp3) is 0.800. The van der Waals surface area contributed by atoms with Crippen molar-refractivity contribution in [1.82, 2.24) is 0 Å². The predicted molar refractivity (Wildman–Crippen MR) is 31.4 cm³/mol. The molecule has 0 aliphatic carbocycles. The van der Waals surface area contributed by atoms with Gasteiger partial charge in [0, 0.05) is 0 Å². The largest absolute Gasteiger partial charge is 0.481 e. The van der Waals surface area contributed by atoms with Crippen LogP contribution in [0.1, 0.15) is 6.42 Å². The van der Waals surface area contributed by atoms with Gasteiger partial charge in [-0.25, -0.2) is 0 Å². The van der Waals surface area contributed by atoms with E-state index in [2.05, 4.69) is 0 Å². The monoisotopic (exact) mass is 150 g/mol. The fourth-order valence-electron chi connectivity index (χ4n) is 0.437. The molecular weight excluding hydrogens is 140 g/mol. The molecule has 0 aromatic carbocycles. The standard InChI is InChI=1S/C5H10O5/c6-2-4(8)3(7)1-5(9)10/h3-4,6-8H,1-2H2,(H,9,10)/t3-,4+/m0/s1. The van der Waals surface area contributed by atoms with Gasteiger partial charge in [0.2, 0.25) is 0 Å². The summed E-state index contributed by atoms with van der Waals surface area (Å²) in [5.41, 5.74) is 0. The number of rotatable bonds is 4. The first-order valence-corrected chi connectivity index (χ1v) is 2.76. The Balaban J connectivity index is 3.61. The molecule has 2 atom stereocenters. The summed E-state index contributed by atoms with van der Waals surface area (Å²) < 4.78 is 0. The molecule has 0 aromatic rings. The summed E-state index contributed by atoms with van der Waals surface area (Å²) >= 11 is 0. The van der Waals surface area contributed by atoms with Gasteiger partial charge >= 0.3 is 5.97 Å². The third-order valence-corrected chi connectivity index (χ3v) is 1.01. The van der Waals surface area contributed by atoms with Crippen LogP contribution in [-0.2, 0) is 4.79 Å². The quantitative estimate of drug-likeness (QED) is 0.378. The number of carbonyl (C=O) groups is 1. The van der Waals surface area contributed by atoms with Gasteiger partial charge in [0.15, 0.2) is 0 Å². The molecule has 0 saturated carbocycles. The number of aliphatic hydroxyl groups is 3. The van der Waals surface area contributed by atoms with E-state index in [9.17, 15) is 4.79 Å². The van der Waals surface area contributed by atoms with Gasteiger partial charge in [-0.05, 0) is 0 Å². The Labute approximate surface area is 57.5 Å². The lowest BCUT2D eigenvalue weighted by atomic mass is 10.1. The smallest absolute Gasteiger partial charge is 0.306 e. The molecule has 5 nitrogen and oxygen atoms in total. The maximum atomic E-state index is 9.88. The van der Waals surface area contributed by atoms with Crippen LogP contribution in [0.15, 0.2) is 0 Å². The van der Waals surface area contributed by atoms with Crippen molar-refractivity contribution in [2.75, 3.05) is 6.61 Å². The lowest BCUT2D eigenvalue weighted by Gasteiger charge is -2.12. The number of aliphatic hydroxyl groups excluding tert-OH is 3. The SMILES string of the molecule is O=C(O)C[C@H](O)[C@H](O)CO. The van der Waals surface area contributed by atoms with E-state index in [0.29, 0.717) is 0 Å². The van der Waals surface area contributed by atoms with Crippen molar-refractivity contribution in [3.8, 4) is 0 Å². The van der Waals surface area contributed by atoms with E-state index in [-0.39, 0.29) is 0 Å². The van der Waals surface area contributed by atoms with Gasteiger partial charge in [-0.3, -0.25) is 4.79 Å². The van der Waals surface area contributed by atoms with Gasteiger partial charge in [0.05, 0.1) is 19.1 Å². The van der Waals surface area contributed by atoms with Gasteiger partial charge in [0.25, 0.3) is 0 Å². The molecule has 0 fully saturated rings. The van der Waals surface area contributed by atoms with Crippen molar-refractivity contribution < 1.29 is 25.2 Å². The molecule has 0 radical (unpaired) electrons. The van der Waals surface area contributed by atoms with Crippen LogP contribution in [-0.4, -0.2) is 45.2 Å². The van der Waals surface area contributed by atoms with Crippen LogP contribution in [0.25, 0.3) is 0 Å². The van der Waals surface area contributed by atoms with E-state index in [0.717, 1.165) is 0 Å². The van der Waals surface area contributed by atoms with Crippen LogP contribution in [0.5, 0.6) is 0 Å². The molecular formula is C5H10O5. The predicted octanol–water partition coefficient (Wildman–Crippen LogP) is -1.82. The van der Waals surface area contributed by atoms with Crippen LogP contribution in [0.4, 0.5) is 0 Å². The molecule has 0 unspecified atom stereocenters. The maximum absolute atomic E-state index is 9.88. The van der Waals surface area contributed by atoms with Crippen LogP contribution in [0, 0.1) is 0 Å². The summed E-state index contributed by atoms with van der Waals surface area (Å²) in [5.74, 6) is -1.21. The second-order valence-electron chi connectivity index (χ2n) is 1.92. The minimum absolute atomic E-state index is 0.554. The highest BCUT2D eigenvalue weighted by Crippen LogP contribution is 1.97.